The molecule has 98 valence electrons. The molecule has 0 bridgehead atoms. The molecule has 0 amide bonds. The molecule has 1 unspecified atom stereocenters. The molecular formula is C13H17NO4. The first-order valence-electron chi connectivity index (χ1n) is 5.51. The summed E-state index contributed by atoms with van der Waals surface area (Å²) < 4.78 is 5.19. The van der Waals surface area contributed by atoms with Crippen molar-refractivity contribution in [2.24, 2.45) is 0 Å². The molecule has 5 nitrogen and oxygen atoms in total. The Labute approximate surface area is 106 Å². The van der Waals surface area contributed by atoms with Crippen molar-refractivity contribution in [2.75, 3.05) is 14.2 Å². The summed E-state index contributed by atoms with van der Waals surface area (Å²) in [5.41, 5.74) is 1.98. The van der Waals surface area contributed by atoms with Crippen molar-refractivity contribution in [3.05, 3.63) is 28.8 Å². The molecule has 0 radical (unpaired) electrons. The number of hydrogen-bond acceptors (Lipinski definition) is 4. The molecular weight excluding hydrogens is 234 g/mol. The first-order chi connectivity index (χ1) is 8.42. The summed E-state index contributed by atoms with van der Waals surface area (Å²) in [6.07, 6.45) is 0. The molecule has 0 aliphatic carbocycles. The van der Waals surface area contributed by atoms with Crippen molar-refractivity contribution in [2.45, 2.75) is 19.9 Å². The van der Waals surface area contributed by atoms with Crippen LogP contribution in [0.1, 0.15) is 21.5 Å². The van der Waals surface area contributed by atoms with Crippen LogP contribution in [0, 0.1) is 13.8 Å². The van der Waals surface area contributed by atoms with E-state index in [-0.39, 0.29) is 5.56 Å². The molecule has 0 heterocycles. The molecule has 5 heteroatoms. The number of ketones is 1. The standard InChI is InChI=1S/C13H17NO4/c1-7-5-8(2)12(18-4)9(6-7)11(15)10(14-3)13(16)17/h5-6,10,14H,1-4H3,(H,16,17). The maximum absolute atomic E-state index is 12.2. The van der Waals surface area contributed by atoms with Crippen LogP contribution in [0.2, 0.25) is 0 Å². The minimum Gasteiger partial charge on any atom is -0.496 e. The Morgan fingerprint density at radius 1 is 1.33 bits per heavy atom. The summed E-state index contributed by atoms with van der Waals surface area (Å²) in [7, 11) is 2.90. The average Bonchev–Trinajstić information content (AvgIpc) is 2.28. The van der Waals surface area contributed by atoms with Gasteiger partial charge in [-0.1, -0.05) is 6.07 Å². The van der Waals surface area contributed by atoms with Crippen molar-refractivity contribution in [3.8, 4) is 5.75 Å². The zero-order valence-corrected chi connectivity index (χ0v) is 10.9. The lowest BCUT2D eigenvalue weighted by Gasteiger charge is -2.15. The van der Waals surface area contributed by atoms with Crippen molar-refractivity contribution in [3.63, 3.8) is 0 Å². The van der Waals surface area contributed by atoms with Gasteiger partial charge >= 0.3 is 5.97 Å². The lowest BCUT2D eigenvalue weighted by atomic mass is 9.98. The third kappa shape index (κ3) is 2.68. The van der Waals surface area contributed by atoms with Gasteiger partial charge in [-0.2, -0.15) is 0 Å². The molecule has 2 N–H and O–H groups in total. The quantitative estimate of drug-likeness (QED) is 0.607. The second-order valence-corrected chi connectivity index (χ2v) is 4.09. The third-order valence-electron chi connectivity index (χ3n) is 2.69. The topological polar surface area (TPSA) is 75.6 Å². The van der Waals surface area contributed by atoms with Gasteiger partial charge in [0.1, 0.15) is 5.75 Å². The Hall–Kier alpha value is -1.88. The number of benzene rings is 1. The monoisotopic (exact) mass is 251 g/mol. The summed E-state index contributed by atoms with van der Waals surface area (Å²) in [5.74, 6) is -1.29. The Morgan fingerprint density at radius 2 is 1.94 bits per heavy atom. The fourth-order valence-electron chi connectivity index (χ4n) is 1.93. The highest BCUT2D eigenvalue weighted by Crippen LogP contribution is 2.26. The van der Waals surface area contributed by atoms with E-state index in [1.54, 1.807) is 6.07 Å². The summed E-state index contributed by atoms with van der Waals surface area (Å²) in [6.45, 7) is 3.66. The van der Waals surface area contributed by atoms with Gasteiger partial charge in [-0.05, 0) is 38.1 Å². The van der Waals surface area contributed by atoms with E-state index in [0.29, 0.717) is 5.75 Å². The Kier molecular flexibility index (Phi) is 4.44. The molecule has 0 aromatic heterocycles. The van der Waals surface area contributed by atoms with Gasteiger partial charge in [-0.15, -0.1) is 0 Å². The summed E-state index contributed by atoms with van der Waals surface area (Å²) in [5, 5.41) is 11.5. The molecule has 0 aliphatic heterocycles. The number of carboxylic acids is 1. The molecule has 1 atom stereocenters. The van der Waals surface area contributed by atoms with Crippen LogP contribution < -0.4 is 10.1 Å². The van der Waals surface area contributed by atoms with Gasteiger partial charge in [0.05, 0.1) is 12.7 Å². The van der Waals surface area contributed by atoms with E-state index < -0.39 is 17.8 Å². The zero-order chi connectivity index (χ0) is 13.9. The fraction of sp³-hybridized carbons (Fsp3) is 0.385. The number of hydrogen-bond donors (Lipinski definition) is 2. The molecule has 0 aliphatic rings. The van der Waals surface area contributed by atoms with Gasteiger partial charge in [0.25, 0.3) is 0 Å². The van der Waals surface area contributed by atoms with Crippen molar-refractivity contribution in [1.82, 2.24) is 5.32 Å². The molecule has 0 saturated carbocycles. The summed E-state index contributed by atoms with van der Waals surface area (Å²) in [4.78, 5) is 23.2. The summed E-state index contributed by atoms with van der Waals surface area (Å²) >= 11 is 0. The number of rotatable bonds is 5. The highest BCUT2D eigenvalue weighted by molar-refractivity contribution is 6.13. The predicted molar refractivity (Wildman–Crippen MR) is 67.3 cm³/mol. The number of aryl methyl sites for hydroxylation is 2. The first-order valence-corrected chi connectivity index (χ1v) is 5.51. The minimum atomic E-state index is -1.26. The van der Waals surface area contributed by atoms with E-state index in [0.717, 1.165) is 11.1 Å². The number of ether oxygens (including phenoxy) is 1. The van der Waals surface area contributed by atoms with Crippen LogP contribution in [0.5, 0.6) is 5.75 Å². The molecule has 0 fully saturated rings. The highest BCUT2D eigenvalue weighted by Gasteiger charge is 2.28. The number of carbonyl (C=O) groups is 2. The molecule has 18 heavy (non-hydrogen) atoms. The van der Waals surface area contributed by atoms with Crippen LogP contribution in [0.4, 0.5) is 0 Å². The SMILES string of the molecule is CNC(C(=O)O)C(=O)c1cc(C)cc(C)c1OC. The smallest absolute Gasteiger partial charge is 0.328 e. The second kappa shape index (κ2) is 5.64. The van der Waals surface area contributed by atoms with Crippen molar-refractivity contribution < 1.29 is 19.4 Å². The van der Waals surface area contributed by atoms with Crippen LogP contribution in [0.3, 0.4) is 0 Å². The first kappa shape index (κ1) is 14.2. The van der Waals surface area contributed by atoms with Crippen LogP contribution in [-0.4, -0.2) is 37.1 Å². The number of methoxy groups -OCH3 is 1. The molecule has 0 saturated heterocycles. The van der Waals surface area contributed by atoms with Gasteiger partial charge in [0, 0.05) is 0 Å². The van der Waals surface area contributed by atoms with Crippen LogP contribution in [0.25, 0.3) is 0 Å². The highest BCUT2D eigenvalue weighted by atomic mass is 16.5. The van der Waals surface area contributed by atoms with Crippen LogP contribution in [-0.2, 0) is 4.79 Å². The molecule has 0 spiro atoms. The third-order valence-corrected chi connectivity index (χ3v) is 2.69. The van der Waals surface area contributed by atoms with Crippen molar-refractivity contribution in [1.29, 1.82) is 0 Å². The van der Waals surface area contributed by atoms with Crippen LogP contribution >= 0.6 is 0 Å². The lowest BCUT2D eigenvalue weighted by molar-refractivity contribution is -0.137. The normalized spacial score (nSPS) is 12.0. The van der Waals surface area contributed by atoms with E-state index in [1.807, 2.05) is 19.9 Å². The number of carboxylic acid groups (broad SMARTS) is 1. The maximum atomic E-state index is 12.2. The van der Waals surface area contributed by atoms with E-state index in [9.17, 15) is 9.59 Å². The summed E-state index contributed by atoms with van der Waals surface area (Å²) in [6, 6.07) is 2.26. The molecule has 1 rings (SSSR count). The Balaban J connectivity index is 3.31. The lowest BCUT2D eigenvalue weighted by Crippen LogP contribution is -2.41. The van der Waals surface area contributed by atoms with Crippen molar-refractivity contribution >= 4 is 11.8 Å². The van der Waals surface area contributed by atoms with Gasteiger partial charge in [0.15, 0.2) is 11.8 Å². The zero-order valence-electron chi connectivity index (χ0n) is 10.9. The number of carbonyl (C=O) groups excluding carboxylic acids is 1. The maximum Gasteiger partial charge on any atom is 0.328 e. The Bertz CT molecular complexity index is 482. The fourth-order valence-corrected chi connectivity index (χ4v) is 1.93. The number of likely N-dealkylation sites (N-methyl/N-ethyl adjacent to an activating group) is 1. The van der Waals surface area contributed by atoms with Gasteiger partial charge in [0.2, 0.25) is 0 Å². The van der Waals surface area contributed by atoms with Gasteiger partial charge in [-0.25, -0.2) is 0 Å². The molecule has 1 aromatic rings. The Morgan fingerprint density at radius 3 is 2.39 bits per heavy atom. The second-order valence-electron chi connectivity index (χ2n) is 4.09. The minimum absolute atomic E-state index is 0.289. The van der Waals surface area contributed by atoms with Gasteiger partial charge in [-0.3, -0.25) is 9.59 Å². The average molecular weight is 251 g/mol. The number of nitrogens with one attached hydrogen (secondary N) is 1. The number of aliphatic carboxylic acids is 1. The van der Waals surface area contributed by atoms with E-state index in [2.05, 4.69) is 5.32 Å². The van der Waals surface area contributed by atoms with E-state index in [1.165, 1.54) is 14.2 Å². The number of Topliss-reactive ketones (excluding diaryl/α,β-unsaturated/α-hetero) is 1. The molecule has 1 aromatic carbocycles. The van der Waals surface area contributed by atoms with Gasteiger partial charge < -0.3 is 15.2 Å². The van der Waals surface area contributed by atoms with E-state index in [4.69, 9.17) is 9.84 Å². The van der Waals surface area contributed by atoms with Crippen LogP contribution in [0.15, 0.2) is 12.1 Å². The van der Waals surface area contributed by atoms with E-state index >= 15 is 0 Å². The largest absolute Gasteiger partial charge is 0.496 e. The predicted octanol–water partition coefficient (Wildman–Crippen LogP) is 1.17.